The zero-order chi connectivity index (χ0) is 11.9. The monoisotopic (exact) mass is 247 g/mol. The van der Waals surface area contributed by atoms with Crippen molar-refractivity contribution in [2.75, 3.05) is 18.5 Å². The van der Waals surface area contributed by atoms with Crippen LogP contribution < -0.4 is 4.90 Å². The highest BCUT2D eigenvalue weighted by Gasteiger charge is 2.34. The van der Waals surface area contributed by atoms with Crippen LogP contribution in [0.15, 0.2) is 18.2 Å². The normalized spacial score (nSPS) is 15.2. The van der Waals surface area contributed by atoms with Gasteiger partial charge in [0.15, 0.2) is 0 Å². The van der Waals surface area contributed by atoms with Gasteiger partial charge in [-0.15, -0.1) is 0 Å². The number of likely N-dealkylation sites (N-methyl/N-ethyl adjacent to an activating group) is 1. The van der Waals surface area contributed by atoms with Gasteiger partial charge in [-0.05, 0) is 17.7 Å². The van der Waals surface area contributed by atoms with Crippen molar-refractivity contribution in [1.82, 2.24) is 0 Å². The number of hydrogen-bond acceptors (Lipinski definition) is 1. The summed E-state index contributed by atoms with van der Waals surface area (Å²) in [5.41, 5.74) is 0.487. The highest BCUT2D eigenvalue weighted by molar-refractivity contribution is 6.31. The van der Waals surface area contributed by atoms with Gasteiger partial charge in [0.1, 0.15) is 0 Å². The van der Waals surface area contributed by atoms with Gasteiger partial charge in [0.25, 0.3) is 0 Å². The molecule has 1 nitrogen and oxygen atoms in total. The molecule has 16 heavy (non-hydrogen) atoms. The van der Waals surface area contributed by atoms with Crippen molar-refractivity contribution >= 4 is 23.4 Å². The zero-order valence-corrected chi connectivity index (χ0v) is 9.23. The van der Waals surface area contributed by atoms with Crippen molar-refractivity contribution < 1.29 is 13.2 Å². The first kappa shape index (κ1) is 11.3. The van der Waals surface area contributed by atoms with Crippen molar-refractivity contribution in [3.05, 3.63) is 34.4 Å². The summed E-state index contributed by atoms with van der Waals surface area (Å²) in [6.45, 7) is 0.603. The largest absolute Gasteiger partial charge is 0.417 e. The minimum atomic E-state index is -4.41. The molecule has 0 unspecified atom stereocenters. The standard InChI is InChI=1S/C11H9ClF3N/c1-16-4-2-3-7-5-9(12)8(6-10(7)16)11(13,14)15/h2-3,5-6H,4H2,1H3. The molecule has 1 aliphatic rings. The van der Waals surface area contributed by atoms with Gasteiger partial charge in [-0.1, -0.05) is 23.8 Å². The summed E-state index contributed by atoms with van der Waals surface area (Å²) < 4.78 is 37.9. The van der Waals surface area contributed by atoms with E-state index in [0.717, 1.165) is 6.07 Å². The van der Waals surface area contributed by atoms with E-state index in [1.54, 1.807) is 18.0 Å². The van der Waals surface area contributed by atoms with Gasteiger partial charge in [0.2, 0.25) is 0 Å². The Morgan fingerprint density at radius 3 is 2.62 bits per heavy atom. The first-order valence-corrected chi connectivity index (χ1v) is 5.06. The topological polar surface area (TPSA) is 3.24 Å². The Hall–Kier alpha value is -1.16. The van der Waals surface area contributed by atoms with E-state index in [1.807, 2.05) is 6.08 Å². The number of benzene rings is 1. The SMILES string of the molecule is CN1CC=Cc2cc(Cl)c(C(F)(F)F)cc21. The van der Waals surface area contributed by atoms with E-state index in [9.17, 15) is 13.2 Å². The maximum absolute atomic E-state index is 12.6. The minimum absolute atomic E-state index is 0.258. The third kappa shape index (κ3) is 1.89. The van der Waals surface area contributed by atoms with Crippen LogP contribution in [0, 0.1) is 0 Å². The lowest BCUT2D eigenvalue weighted by Crippen LogP contribution is -2.21. The molecule has 5 heteroatoms. The Kier molecular flexibility index (Phi) is 2.62. The van der Waals surface area contributed by atoms with Crippen LogP contribution in [-0.4, -0.2) is 13.6 Å². The quantitative estimate of drug-likeness (QED) is 0.674. The molecule has 2 rings (SSSR count). The lowest BCUT2D eigenvalue weighted by atomic mass is 10.0. The van der Waals surface area contributed by atoms with E-state index in [0.29, 0.717) is 17.8 Å². The molecule has 0 fully saturated rings. The maximum atomic E-state index is 12.6. The molecule has 0 bridgehead atoms. The summed E-state index contributed by atoms with van der Waals surface area (Å²) in [6.07, 6.45) is -0.749. The summed E-state index contributed by atoms with van der Waals surface area (Å²) >= 11 is 5.62. The molecule has 0 spiro atoms. The van der Waals surface area contributed by atoms with Crippen LogP contribution >= 0.6 is 11.6 Å². The van der Waals surface area contributed by atoms with E-state index in [2.05, 4.69) is 0 Å². The number of halogens is 4. The highest BCUT2D eigenvalue weighted by Crippen LogP contribution is 2.39. The van der Waals surface area contributed by atoms with Crippen LogP contribution in [0.25, 0.3) is 6.08 Å². The average molecular weight is 248 g/mol. The Morgan fingerprint density at radius 2 is 2.00 bits per heavy atom. The number of anilines is 1. The van der Waals surface area contributed by atoms with E-state index < -0.39 is 11.7 Å². The summed E-state index contributed by atoms with van der Waals surface area (Å²) in [5, 5.41) is -0.258. The first-order chi connectivity index (χ1) is 7.39. The molecule has 0 N–H and O–H groups in total. The summed E-state index contributed by atoms with van der Waals surface area (Å²) in [7, 11) is 1.75. The number of rotatable bonds is 0. The number of hydrogen-bond donors (Lipinski definition) is 0. The van der Waals surface area contributed by atoms with Crippen molar-refractivity contribution in [1.29, 1.82) is 0 Å². The molecule has 0 aliphatic carbocycles. The van der Waals surface area contributed by atoms with E-state index >= 15 is 0 Å². The van der Waals surface area contributed by atoms with Crippen molar-refractivity contribution in [3.8, 4) is 0 Å². The van der Waals surface area contributed by atoms with Gasteiger partial charge in [-0.25, -0.2) is 0 Å². The molecule has 0 saturated carbocycles. The maximum Gasteiger partial charge on any atom is 0.417 e. The Labute approximate surface area is 96.1 Å². The van der Waals surface area contributed by atoms with Gasteiger partial charge in [-0.2, -0.15) is 13.2 Å². The van der Waals surface area contributed by atoms with Crippen molar-refractivity contribution in [3.63, 3.8) is 0 Å². The molecular formula is C11H9ClF3N. The summed E-state index contributed by atoms with van der Waals surface area (Å²) in [4.78, 5) is 1.75. The van der Waals surface area contributed by atoms with Crippen LogP contribution in [0.3, 0.4) is 0 Å². The van der Waals surface area contributed by atoms with Crippen LogP contribution in [-0.2, 0) is 6.18 Å². The van der Waals surface area contributed by atoms with E-state index in [4.69, 9.17) is 11.6 Å². The van der Waals surface area contributed by atoms with Gasteiger partial charge in [-0.3, -0.25) is 0 Å². The number of alkyl halides is 3. The first-order valence-electron chi connectivity index (χ1n) is 4.68. The van der Waals surface area contributed by atoms with Crippen molar-refractivity contribution in [2.24, 2.45) is 0 Å². The molecule has 0 atom stereocenters. The second kappa shape index (κ2) is 3.70. The Bertz CT molecular complexity index is 451. The molecule has 0 aromatic heterocycles. The van der Waals surface area contributed by atoms with E-state index in [1.165, 1.54) is 6.07 Å². The van der Waals surface area contributed by atoms with Gasteiger partial charge < -0.3 is 4.90 Å². The summed E-state index contributed by atoms with van der Waals surface area (Å²) in [5.74, 6) is 0. The van der Waals surface area contributed by atoms with Gasteiger partial charge >= 0.3 is 6.18 Å². The average Bonchev–Trinajstić information content (AvgIpc) is 2.15. The highest BCUT2D eigenvalue weighted by atomic mass is 35.5. The molecule has 0 saturated heterocycles. The van der Waals surface area contributed by atoms with Crippen LogP contribution in [0.2, 0.25) is 5.02 Å². The predicted octanol–water partition coefficient (Wildman–Crippen LogP) is 3.82. The van der Waals surface area contributed by atoms with Crippen LogP contribution in [0.5, 0.6) is 0 Å². The fourth-order valence-corrected chi connectivity index (χ4v) is 1.97. The Balaban J connectivity index is 2.60. The summed E-state index contributed by atoms with van der Waals surface area (Å²) in [6, 6.07) is 2.45. The number of nitrogens with zero attached hydrogens (tertiary/aromatic N) is 1. The zero-order valence-electron chi connectivity index (χ0n) is 8.48. The molecule has 1 heterocycles. The molecule has 1 aliphatic heterocycles. The fourth-order valence-electron chi connectivity index (χ4n) is 1.69. The molecule has 0 amide bonds. The lowest BCUT2D eigenvalue weighted by molar-refractivity contribution is -0.137. The van der Waals surface area contributed by atoms with Gasteiger partial charge in [0, 0.05) is 19.3 Å². The third-order valence-corrected chi connectivity index (χ3v) is 2.82. The van der Waals surface area contributed by atoms with Gasteiger partial charge in [0.05, 0.1) is 10.6 Å². The molecule has 0 radical (unpaired) electrons. The van der Waals surface area contributed by atoms with Crippen LogP contribution in [0.4, 0.5) is 18.9 Å². The molecule has 1 aromatic carbocycles. The van der Waals surface area contributed by atoms with Crippen molar-refractivity contribution in [2.45, 2.75) is 6.18 Å². The third-order valence-electron chi connectivity index (χ3n) is 2.51. The second-order valence-electron chi connectivity index (χ2n) is 3.67. The smallest absolute Gasteiger partial charge is 0.370 e. The Morgan fingerprint density at radius 1 is 1.31 bits per heavy atom. The molecular weight excluding hydrogens is 239 g/mol. The molecule has 1 aromatic rings. The predicted molar refractivity (Wildman–Crippen MR) is 58.8 cm³/mol. The number of fused-ring (bicyclic) bond motifs is 1. The molecule has 86 valence electrons. The lowest BCUT2D eigenvalue weighted by Gasteiger charge is -2.25. The van der Waals surface area contributed by atoms with E-state index in [-0.39, 0.29) is 5.02 Å². The minimum Gasteiger partial charge on any atom is -0.370 e. The van der Waals surface area contributed by atoms with Crippen LogP contribution in [0.1, 0.15) is 11.1 Å². The fraction of sp³-hybridized carbons (Fsp3) is 0.273. The second-order valence-corrected chi connectivity index (χ2v) is 4.08.